The Morgan fingerprint density at radius 3 is 2.43 bits per heavy atom. The van der Waals surface area contributed by atoms with E-state index < -0.39 is 0 Å². The third-order valence-corrected chi connectivity index (χ3v) is 7.33. The Morgan fingerprint density at radius 2 is 1.70 bits per heavy atom. The van der Waals surface area contributed by atoms with E-state index in [2.05, 4.69) is 17.4 Å². The second kappa shape index (κ2) is 9.70. The monoisotopic (exact) mass is 469 g/mol. The fraction of sp³-hybridized carbons (Fsp3) is 0.208. The van der Waals surface area contributed by atoms with Crippen LogP contribution in [0.2, 0.25) is 4.82 Å². The molecule has 0 radical (unpaired) electrons. The van der Waals surface area contributed by atoms with Gasteiger partial charge in [-0.25, -0.2) is 0 Å². The Labute approximate surface area is 182 Å². The van der Waals surface area contributed by atoms with Crippen molar-refractivity contribution in [3.05, 3.63) is 84.4 Å². The number of rotatable bonds is 8. The molecular weight excluding hydrogens is 445 g/mol. The number of ether oxygens (including phenoxy) is 3. The maximum absolute atomic E-state index is 13.1. The first kappa shape index (κ1) is 20.3. The average molecular weight is 468 g/mol. The number of hydrogen-bond donors (Lipinski definition) is 1. The minimum absolute atomic E-state index is 0.143. The van der Waals surface area contributed by atoms with Gasteiger partial charge in [0.25, 0.3) is 0 Å². The van der Waals surface area contributed by atoms with Crippen molar-refractivity contribution in [2.75, 3.05) is 18.7 Å². The van der Waals surface area contributed by atoms with Gasteiger partial charge in [0.05, 0.1) is 0 Å². The summed E-state index contributed by atoms with van der Waals surface area (Å²) in [4.78, 5) is 12.7. The molecule has 0 bridgehead atoms. The zero-order valence-corrected chi connectivity index (χ0v) is 18.3. The Kier molecular flexibility index (Phi) is 6.57. The van der Waals surface area contributed by atoms with Crippen LogP contribution in [0.25, 0.3) is 0 Å². The van der Waals surface area contributed by atoms with Gasteiger partial charge in [0.2, 0.25) is 0 Å². The van der Waals surface area contributed by atoms with Crippen LogP contribution < -0.4 is 19.3 Å². The Hall–Kier alpha value is -2.95. The molecule has 0 unspecified atom stereocenters. The van der Waals surface area contributed by atoms with Gasteiger partial charge in [-0.3, -0.25) is 0 Å². The minimum atomic E-state index is -0.361. The van der Waals surface area contributed by atoms with Crippen molar-refractivity contribution in [1.82, 2.24) is 0 Å². The molecule has 4 rings (SSSR count). The molecule has 0 fully saturated rings. The number of nitrogens with one attached hydrogen (secondary N) is 1. The van der Waals surface area contributed by atoms with E-state index in [0.29, 0.717) is 12.4 Å². The Bertz CT molecular complexity index is 981. The number of carbonyl (C=O) groups is 1. The molecule has 1 aliphatic heterocycles. The molecule has 0 saturated heterocycles. The van der Waals surface area contributed by atoms with Crippen molar-refractivity contribution in [2.45, 2.75) is 17.8 Å². The molecule has 0 aromatic heterocycles. The maximum atomic E-state index is 13.1. The van der Waals surface area contributed by atoms with E-state index in [9.17, 15) is 4.79 Å². The molecule has 6 heteroatoms. The third-order valence-electron chi connectivity index (χ3n) is 4.68. The number of esters is 1. The van der Waals surface area contributed by atoms with Gasteiger partial charge in [-0.15, -0.1) is 0 Å². The number of anilines is 1. The molecule has 3 aromatic carbocycles. The van der Waals surface area contributed by atoms with Gasteiger partial charge < -0.3 is 0 Å². The summed E-state index contributed by atoms with van der Waals surface area (Å²) in [6.45, 7) is 2.40. The molecule has 2 atom stereocenters. The predicted molar refractivity (Wildman–Crippen MR) is 118 cm³/mol. The van der Waals surface area contributed by atoms with Gasteiger partial charge in [0.1, 0.15) is 0 Å². The first-order chi connectivity index (χ1) is 14.7. The van der Waals surface area contributed by atoms with Crippen molar-refractivity contribution in [2.24, 2.45) is 0 Å². The number of benzene rings is 3. The summed E-state index contributed by atoms with van der Waals surface area (Å²) >= 11 is -0.143. The normalized spacial score (nSPS) is 14.0. The summed E-state index contributed by atoms with van der Waals surface area (Å²) in [5, 5.41) is 3.56. The van der Waals surface area contributed by atoms with Crippen molar-refractivity contribution in [3.63, 3.8) is 0 Å². The molecule has 5 nitrogen and oxygen atoms in total. The van der Waals surface area contributed by atoms with Crippen molar-refractivity contribution >= 4 is 31.1 Å². The van der Waals surface area contributed by atoms with E-state index in [1.54, 1.807) is 0 Å². The van der Waals surface area contributed by atoms with Crippen LogP contribution in [0.4, 0.5) is 5.69 Å². The zero-order valence-electron chi connectivity index (χ0n) is 16.6. The standard InChI is InChI=1S/C24H23NO4Se/c1-2-27-24(26)23(30-19-11-7-4-8-12-19)22(25-18-9-5-3-6-10-18)17-13-14-20-21(15-17)29-16-28-20/h3-15,22-23,25H,2,16H2,1H3/t22-,23+/m0/s1. The molecule has 0 aliphatic carbocycles. The quantitative estimate of drug-likeness (QED) is 0.401. The van der Waals surface area contributed by atoms with Crippen molar-refractivity contribution in [1.29, 1.82) is 0 Å². The van der Waals surface area contributed by atoms with Crippen molar-refractivity contribution in [3.8, 4) is 11.5 Å². The molecule has 30 heavy (non-hydrogen) atoms. The number of para-hydroxylation sites is 1. The molecular formula is C24H23NO4Se. The summed E-state index contributed by atoms with van der Waals surface area (Å²) in [5.41, 5.74) is 1.90. The van der Waals surface area contributed by atoms with Crippen LogP contribution in [0.5, 0.6) is 11.5 Å². The van der Waals surface area contributed by atoms with Gasteiger partial charge in [-0.2, -0.15) is 0 Å². The zero-order chi connectivity index (χ0) is 20.8. The molecule has 0 spiro atoms. The van der Waals surface area contributed by atoms with E-state index in [0.717, 1.165) is 21.5 Å². The molecule has 154 valence electrons. The summed E-state index contributed by atoms with van der Waals surface area (Å²) < 4.78 is 17.7. The van der Waals surface area contributed by atoms with E-state index in [1.807, 2.05) is 73.7 Å². The number of hydrogen-bond acceptors (Lipinski definition) is 5. The fourth-order valence-corrected chi connectivity index (χ4v) is 5.65. The van der Waals surface area contributed by atoms with E-state index in [1.165, 1.54) is 0 Å². The number of carbonyl (C=O) groups excluding carboxylic acids is 1. The fourth-order valence-electron chi connectivity index (χ4n) is 3.28. The van der Waals surface area contributed by atoms with Gasteiger partial charge in [-0.05, 0) is 0 Å². The van der Waals surface area contributed by atoms with Crippen molar-refractivity contribution < 1.29 is 19.0 Å². The van der Waals surface area contributed by atoms with Crippen LogP contribution in [-0.2, 0) is 9.53 Å². The molecule has 0 saturated carbocycles. The third kappa shape index (κ3) is 4.78. The summed E-state index contributed by atoms with van der Waals surface area (Å²) in [5.74, 6) is 1.22. The van der Waals surface area contributed by atoms with Gasteiger partial charge in [-0.1, -0.05) is 0 Å². The van der Waals surface area contributed by atoms with Crippen LogP contribution in [0.15, 0.2) is 78.9 Å². The van der Waals surface area contributed by atoms with E-state index in [-0.39, 0.29) is 38.6 Å². The summed E-state index contributed by atoms with van der Waals surface area (Å²) in [7, 11) is 0. The average Bonchev–Trinajstić information content (AvgIpc) is 3.25. The Balaban J connectivity index is 1.72. The van der Waals surface area contributed by atoms with E-state index >= 15 is 0 Å². The van der Waals surface area contributed by atoms with Gasteiger partial charge in [0, 0.05) is 0 Å². The van der Waals surface area contributed by atoms with Crippen LogP contribution in [0, 0.1) is 0 Å². The van der Waals surface area contributed by atoms with Crippen LogP contribution >= 0.6 is 0 Å². The molecule has 1 aliphatic rings. The molecule has 1 heterocycles. The van der Waals surface area contributed by atoms with Crippen LogP contribution in [0.1, 0.15) is 18.5 Å². The topological polar surface area (TPSA) is 56.8 Å². The summed E-state index contributed by atoms with van der Waals surface area (Å²) in [6, 6.07) is 25.6. The van der Waals surface area contributed by atoms with E-state index in [4.69, 9.17) is 14.2 Å². The molecule has 0 amide bonds. The predicted octanol–water partition coefficient (Wildman–Crippen LogP) is 3.95. The van der Waals surface area contributed by atoms with Crippen LogP contribution in [-0.4, -0.2) is 34.3 Å². The second-order valence-electron chi connectivity index (χ2n) is 6.70. The number of fused-ring (bicyclic) bond motifs is 1. The second-order valence-corrected chi connectivity index (χ2v) is 9.25. The Morgan fingerprint density at radius 1 is 1.00 bits per heavy atom. The van der Waals surface area contributed by atoms with Gasteiger partial charge >= 0.3 is 183 Å². The van der Waals surface area contributed by atoms with Gasteiger partial charge in [0.15, 0.2) is 0 Å². The molecule has 3 aromatic rings. The first-order valence-electron chi connectivity index (χ1n) is 9.84. The summed E-state index contributed by atoms with van der Waals surface area (Å²) in [6.07, 6.45) is 0. The first-order valence-corrected chi connectivity index (χ1v) is 11.7. The SMILES string of the molecule is CCOC(=O)[C@H]([Se]c1ccccc1)[C@@H](Nc1ccccc1)c1ccc2c(c1)OCO2. The molecule has 1 N–H and O–H groups in total. The van der Waals surface area contributed by atoms with Crippen LogP contribution in [0.3, 0.4) is 0 Å².